The minimum atomic E-state index is 0.346. The quantitative estimate of drug-likeness (QED) is 0.893. The predicted molar refractivity (Wildman–Crippen MR) is 75.4 cm³/mol. The maximum atomic E-state index is 5.36. The third kappa shape index (κ3) is 3.19. The maximum Gasteiger partial charge on any atom is 0.321 e. The minimum absolute atomic E-state index is 0.346. The van der Waals surface area contributed by atoms with Crippen LogP contribution in [0.15, 0.2) is 24.3 Å². The molecule has 0 saturated carbocycles. The van der Waals surface area contributed by atoms with Gasteiger partial charge in [-0.2, -0.15) is 15.0 Å². The predicted octanol–water partition coefficient (Wildman–Crippen LogP) is 2.54. The molecular weight excluding hydrogens is 240 g/mol. The van der Waals surface area contributed by atoms with Gasteiger partial charge in [-0.15, -0.1) is 0 Å². The van der Waals surface area contributed by atoms with E-state index in [0.717, 1.165) is 12.0 Å². The molecule has 19 heavy (non-hydrogen) atoms. The molecular formula is C14H18N4O. The number of aromatic nitrogens is 3. The Morgan fingerprint density at radius 1 is 1.16 bits per heavy atom. The fourth-order valence-corrected chi connectivity index (χ4v) is 1.72. The number of aryl methyl sites for hydroxylation is 1. The SMILES string of the molecule is CCOc1nc(NC)nc(-c2cccc(CC)c2)n1. The number of nitrogens with one attached hydrogen (secondary N) is 1. The van der Waals surface area contributed by atoms with Crippen molar-refractivity contribution in [3.05, 3.63) is 29.8 Å². The van der Waals surface area contributed by atoms with Crippen LogP contribution in [0.4, 0.5) is 5.95 Å². The van der Waals surface area contributed by atoms with Gasteiger partial charge in [0.1, 0.15) is 0 Å². The van der Waals surface area contributed by atoms with E-state index in [1.807, 2.05) is 19.1 Å². The Balaban J connectivity index is 2.44. The second-order valence-corrected chi connectivity index (χ2v) is 4.00. The highest BCUT2D eigenvalue weighted by molar-refractivity contribution is 5.57. The molecule has 1 aromatic heterocycles. The molecule has 0 unspecified atom stereocenters. The minimum Gasteiger partial charge on any atom is -0.464 e. The summed E-state index contributed by atoms with van der Waals surface area (Å²) < 4.78 is 5.36. The number of benzene rings is 1. The Labute approximate surface area is 113 Å². The smallest absolute Gasteiger partial charge is 0.321 e. The van der Waals surface area contributed by atoms with Gasteiger partial charge in [0.15, 0.2) is 5.82 Å². The van der Waals surface area contributed by atoms with Crippen molar-refractivity contribution in [2.45, 2.75) is 20.3 Å². The number of ether oxygens (including phenoxy) is 1. The van der Waals surface area contributed by atoms with Gasteiger partial charge in [0, 0.05) is 12.6 Å². The van der Waals surface area contributed by atoms with Gasteiger partial charge in [0.25, 0.3) is 0 Å². The van der Waals surface area contributed by atoms with Crippen LogP contribution in [0.5, 0.6) is 6.01 Å². The molecule has 0 saturated heterocycles. The van der Waals surface area contributed by atoms with Crippen molar-refractivity contribution in [2.75, 3.05) is 19.0 Å². The Kier molecular flexibility index (Phi) is 4.28. The van der Waals surface area contributed by atoms with Crippen LogP contribution in [0.25, 0.3) is 11.4 Å². The number of hydrogen-bond acceptors (Lipinski definition) is 5. The lowest BCUT2D eigenvalue weighted by Gasteiger charge is -2.07. The monoisotopic (exact) mass is 258 g/mol. The summed E-state index contributed by atoms with van der Waals surface area (Å²) in [4.78, 5) is 12.9. The summed E-state index contributed by atoms with van der Waals surface area (Å²) in [6.45, 7) is 4.55. The summed E-state index contributed by atoms with van der Waals surface area (Å²) in [5.41, 5.74) is 2.22. The molecule has 2 aromatic rings. The third-order valence-corrected chi connectivity index (χ3v) is 2.71. The van der Waals surface area contributed by atoms with Crippen molar-refractivity contribution in [3.63, 3.8) is 0 Å². The summed E-state index contributed by atoms with van der Waals surface area (Å²) in [5.74, 6) is 1.13. The van der Waals surface area contributed by atoms with Crippen LogP contribution in [0.2, 0.25) is 0 Å². The second-order valence-electron chi connectivity index (χ2n) is 4.00. The van der Waals surface area contributed by atoms with Gasteiger partial charge in [-0.1, -0.05) is 25.1 Å². The average molecular weight is 258 g/mol. The topological polar surface area (TPSA) is 59.9 Å². The first-order chi connectivity index (χ1) is 9.26. The van der Waals surface area contributed by atoms with Crippen LogP contribution in [0, 0.1) is 0 Å². The molecule has 1 heterocycles. The molecule has 0 aliphatic rings. The van der Waals surface area contributed by atoms with Crippen molar-refractivity contribution in [2.24, 2.45) is 0 Å². The number of nitrogens with zero attached hydrogens (tertiary/aromatic N) is 3. The van der Waals surface area contributed by atoms with Crippen LogP contribution in [0.1, 0.15) is 19.4 Å². The molecule has 0 radical (unpaired) electrons. The summed E-state index contributed by atoms with van der Waals surface area (Å²) in [6, 6.07) is 8.53. The molecule has 100 valence electrons. The van der Waals surface area contributed by atoms with Gasteiger partial charge >= 0.3 is 6.01 Å². The van der Waals surface area contributed by atoms with E-state index >= 15 is 0 Å². The van der Waals surface area contributed by atoms with E-state index in [1.54, 1.807) is 7.05 Å². The summed E-state index contributed by atoms with van der Waals surface area (Å²) in [7, 11) is 1.78. The number of anilines is 1. The standard InChI is InChI=1S/C14H18N4O/c1-4-10-7-6-8-11(9-10)12-16-13(15-3)18-14(17-12)19-5-2/h6-9H,4-5H2,1-3H3,(H,15,16,17,18). The van der Waals surface area contributed by atoms with Crippen LogP contribution in [0.3, 0.4) is 0 Å². The number of rotatable bonds is 5. The lowest BCUT2D eigenvalue weighted by Crippen LogP contribution is -2.05. The lowest BCUT2D eigenvalue weighted by atomic mass is 10.1. The zero-order chi connectivity index (χ0) is 13.7. The Hall–Kier alpha value is -2.17. The molecule has 0 bridgehead atoms. The van der Waals surface area contributed by atoms with Crippen molar-refractivity contribution in [1.29, 1.82) is 0 Å². The van der Waals surface area contributed by atoms with Crippen LogP contribution < -0.4 is 10.1 Å². The number of hydrogen-bond donors (Lipinski definition) is 1. The molecule has 2 rings (SSSR count). The largest absolute Gasteiger partial charge is 0.464 e. The molecule has 0 spiro atoms. The first-order valence-electron chi connectivity index (χ1n) is 6.42. The molecule has 1 N–H and O–H groups in total. The lowest BCUT2D eigenvalue weighted by molar-refractivity contribution is 0.312. The molecule has 5 nitrogen and oxygen atoms in total. The second kappa shape index (κ2) is 6.13. The highest BCUT2D eigenvalue weighted by atomic mass is 16.5. The van der Waals surface area contributed by atoms with Gasteiger partial charge in [-0.05, 0) is 25.0 Å². The van der Waals surface area contributed by atoms with Gasteiger partial charge in [-0.25, -0.2) is 0 Å². The zero-order valence-corrected chi connectivity index (χ0v) is 11.5. The van der Waals surface area contributed by atoms with E-state index in [-0.39, 0.29) is 0 Å². The summed E-state index contributed by atoms with van der Waals surface area (Å²) in [6.07, 6.45) is 0.982. The van der Waals surface area contributed by atoms with E-state index < -0.39 is 0 Å². The van der Waals surface area contributed by atoms with Gasteiger partial charge < -0.3 is 10.1 Å². The molecule has 0 atom stereocenters. The first kappa shape index (κ1) is 13.3. The molecule has 5 heteroatoms. The maximum absolute atomic E-state index is 5.36. The third-order valence-electron chi connectivity index (χ3n) is 2.71. The van der Waals surface area contributed by atoms with Crippen molar-refractivity contribution >= 4 is 5.95 Å². The fraction of sp³-hybridized carbons (Fsp3) is 0.357. The van der Waals surface area contributed by atoms with E-state index in [0.29, 0.717) is 24.4 Å². The van der Waals surface area contributed by atoms with Crippen molar-refractivity contribution in [1.82, 2.24) is 15.0 Å². The molecule has 1 aromatic carbocycles. The molecule has 0 amide bonds. The van der Waals surface area contributed by atoms with Gasteiger partial charge in [0.2, 0.25) is 5.95 Å². The average Bonchev–Trinajstić information content (AvgIpc) is 2.47. The normalized spacial score (nSPS) is 10.3. The molecule has 0 aliphatic carbocycles. The molecule has 0 aliphatic heterocycles. The summed E-state index contributed by atoms with van der Waals surface area (Å²) >= 11 is 0. The Bertz CT molecular complexity index is 557. The van der Waals surface area contributed by atoms with Crippen molar-refractivity contribution < 1.29 is 4.74 Å². The highest BCUT2D eigenvalue weighted by Gasteiger charge is 2.08. The van der Waals surface area contributed by atoms with Crippen LogP contribution >= 0.6 is 0 Å². The highest BCUT2D eigenvalue weighted by Crippen LogP contribution is 2.20. The van der Waals surface area contributed by atoms with Gasteiger partial charge in [0.05, 0.1) is 6.61 Å². The first-order valence-corrected chi connectivity index (χ1v) is 6.42. The van der Waals surface area contributed by atoms with E-state index in [1.165, 1.54) is 5.56 Å². The summed E-state index contributed by atoms with van der Waals surface area (Å²) in [5, 5.41) is 2.92. The Morgan fingerprint density at radius 3 is 2.68 bits per heavy atom. The Morgan fingerprint density at radius 2 is 2.00 bits per heavy atom. The zero-order valence-electron chi connectivity index (χ0n) is 11.5. The van der Waals surface area contributed by atoms with Crippen molar-refractivity contribution in [3.8, 4) is 17.4 Å². The van der Waals surface area contributed by atoms with E-state index in [2.05, 4.69) is 39.3 Å². The van der Waals surface area contributed by atoms with Gasteiger partial charge in [-0.3, -0.25) is 0 Å². The molecule has 0 fully saturated rings. The fourth-order valence-electron chi connectivity index (χ4n) is 1.72. The van der Waals surface area contributed by atoms with Crippen LogP contribution in [-0.2, 0) is 6.42 Å². The van der Waals surface area contributed by atoms with E-state index in [4.69, 9.17) is 4.74 Å². The van der Waals surface area contributed by atoms with E-state index in [9.17, 15) is 0 Å². The van der Waals surface area contributed by atoms with Crippen LogP contribution in [-0.4, -0.2) is 28.6 Å².